The van der Waals surface area contributed by atoms with Crippen LogP contribution in [0.1, 0.15) is 4.88 Å². The van der Waals surface area contributed by atoms with Gasteiger partial charge in [0.15, 0.2) is 11.6 Å². The second-order valence-corrected chi connectivity index (χ2v) is 5.76. The van der Waals surface area contributed by atoms with Crippen molar-refractivity contribution in [2.45, 2.75) is 6.54 Å². The highest BCUT2D eigenvalue weighted by Gasteiger charge is 2.19. The van der Waals surface area contributed by atoms with Crippen LogP contribution in [0.5, 0.6) is 5.75 Å². The van der Waals surface area contributed by atoms with Crippen molar-refractivity contribution in [1.82, 2.24) is 0 Å². The Morgan fingerprint density at radius 1 is 1.50 bits per heavy atom. The zero-order chi connectivity index (χ0) is 14.7. The lowest BCUT2D eigenvalue weighted by Crippen LogP contribution is -2.03. The molecule has 1 aromatic heterocycles. The predicted octanol–water partition coefficient (Wildman–Crippen LogP) is 4.18. The van der Waals surface area contributed by atoms with Crippen LogP contribution < -0.4 is 10.1 Å². The van der Waals surface area contributed by atoms with Crippen LogP contribution in [0.3, 0.4) is 0 Å². The van der Waals surface area contributed by atoms with Crippen LogP contribution in [0, 0.1) is 15.9 Å². The molecule has 106 valence electrons. The van der Waals surface area contributed by atoms with Crippen molar-refractivity contribution in [3.63, 3.8) is 0 Å². The number of methoxy groups -OCH3 is 1. The first-order valence-electron chi connectivity index (χ1n) is 5.50. The average Bonchev–Trinajstić information content (AvgIpc) is 2.82. The van der Waals surface area contributed by atoms with E-state index in [9.17, 15) is 14.5 Å². The van der Waals surface area contributed by atoms with Crippen LogP contribution >= 0.6 is 27.3 Å². The molecule has 0 aliphatic carbocycles. The van der Waals surface area contributed by atoms with E-state index >= 15 is 0 Å². The van der Waals surface area contributed by atoms with Crippen LogP contribution in [0.15, 0.2) is 28.1 Å². The third kappa shape index (κ3) is 3.26. The fraction of sp³-hybridized carbons (Fsp3) is 0.167. The maximum absolute atomic E-state index is 13.5. The van der Waals surface area contributed by atoms with Crippen molar-refractivity contribution in [2.24, 2.45) is 0 Å². The quantitative estimate of drug-likeness (QED) is 0.641. The number of ether oxygens (including phenoxy) is 1. The lowest BCUT2D eigenvalue weighted by atomic mass is 10.2. The Morgan fingerprint density at radius 2 is 2.25 bits per heavy atom. The molecule has 1 N–H and O–H groups in total. The van der Waals surface area contributed by atoms with Crippen LogP contribution in [0.4, 0.5) is 15.8 Å². The van der Waals surface area contributed by atoms with E-state index in [1.165, 1.54) is 24.5 Å². The molecule has 0 aliphatic rings. The highest BCUT2D eigenvalue weighted by atomic mass is 79.9. The summed E-state index contributed by atoms with van der Waals surface area (Å²) in [6.45, 7) is 0.409. The molecule has 5 nitrogen and oxygen atoms in total. The number of hydrogen-bond donors (Lipinski definition) is 1. The molecule has 20 heavy (non-hydrogen) atoms. The Hall–Kier alpha value is -1.67. The molecule has 2 rings (SSSR count). The topological polar surface area (TPSA) is 64.4 Å². The van der Waals surface area contributed by atoms with E-state index < -0.39 is 10.7 Å². The number of nitrogens with zero attached hydrogens (tertiary/aromatic N) is 1. The molecular formula is C12H10BrFN2O3S. The monoisotopic (exact) mass is 360 g/mol. The Kier molecular flexibility index (Phi) is 4.56. The lowest BCUT2D eigenvalue weighted by molar-refractivity contribution is -0.384. The average molecular weight is 361 g/mol. The predicted molar refractivity (Wildman–Crippen MR) is 79.0 cm³/mol. The summed E-state index contributed by atoms with van der Waals surface area (Å²) in [6, 6.07) is 4.05. The number of anilines is 1. The third-order valence-corrected chi connectivity index (χ3v) is 4.24. The molecule has 0 bridgehead atoms. The van der Waals surface area contributed by atoms with E-state index in [0.29, 0.717) is 6.54 Å². The highest BCUT2D eigenvalue weighted by molar-refractivity contribution is 9.10. The molecule has 0 amide bonds. The van der Waals surface area contributed by atoms with Crippen LogP contribution in [-0.2, 0) is 6.54 Å². The number of nitro benzene ring substituents is 1. The number of thiophene rings is 1. The van der Waals surface area contributed by atoms with Gasteiger partial charge in [-0.1, -0.05) is 0 Å². The molecule has 0 saturated carbocycles. The molecule has 1 aromatic carbocycles. The van der Waals surface area contributed by atoms with Crippen molar-refractivity contribution in [2.75, 3.05) is 12.4 Å². The van der Waals surface area contributed by atoms with Gasteiger partial charge in [-0.2, -0.15) is 0 Å². The normalized spacial score (nSPS) is 10.3. The molecule has 8 heteroatoms. The first-order chi connectivity index (χ1) is 9.51. The van der Waals surface area contributed by atoms with Gasteiger partial charge in [0.2, 0.25) is 0 Å². The van der Waals surface area contributed by atoms with Gasteiger partial charge in [-0.25, -0.2) is 4.39 Å². The lowest BCUT2D eigenvalue weighted by Gasteiger charge is -2.09. The molecule has 0 spiro atoms. The van der Waals surface area contributed by atoms with Crippen molar-refractivity contribution >= 4 is 38.6 Å². The standard InChI is InChI=1S/C12H10BrFN2O3S/c1-19-12-4-10(11(16(17)18)3-9(12)14)15-5-8-2-7(13)6-20-8/h2-4,6,15H,5H2,1H3. The summed E-state index contributed by atoms with van der Waals surface area (Å²) >= 11 is 4.84. The van der Waals surface area contributed by atoms with Gasteiger partial charge in [-0.15, -0.1) is 11.3 Å². The molecule has 2 aromatic rings. The van der Waals surface area contributed by atoms with Crippen molar-refractivity contribution in [3.8, 4) is 5.75 Å². The van der Waals surface area contributed by atoms with E-state index in [-0.39, 0.29) is 17.1 Å². The van der Waals surface area contributed by atoms with Crippen LogP contribution in [0.2, 0.25) is 0 Å². The first kappa shape index (κ1) is 14.7. The number of benzene rings is 1. The van der Waals surface area contributed by atoms with E-state index in [1.807, 2.05) is 11.4 Å². The Morgan fingerprint density at radius 3 is 2.80 bits per heavy atom. The second-order valence-electron chi connectivity index (χ2n) is 3.85. The van der Waals surface area contributed by atoms with Gasteiger partial charge in [-0.05, 0) is 22.0 Å². The van der Waals surface area contributed by atoms with Gasteiger partial charge < -0.3 is 10.1 Å². The molecule has 0 fully saturated rings. The fourth-order valence-electron chi connectivity index (χ4n) is 1.62. The van der Waals surface area contributed by atoms with Gasteiger partial charge in [0.25, 0.3) is 5.69 Å². The molecule has 0 saturated heterocycles. The molecule has 0 atom stereocenters. The minimum atomic E-state index is -0.761. The Balaban J connectivity index is 2.26. The summed E-state index contributed by atoms with van der Waals surface area (Å²) in [6.07, 6.45) is 0. The van der Waals surface area contributed by atoms with Gasteiger partial charge in [-0.3, -0.25) is 10.1 Å². The maximum Gasteiger partial charge on any atom is 0.295 e. The van der Waals surface area contributed by atoms with E-state index in [1.54, 1.807) is 0 Å². The number of rotatable bonds is 5. The van der Waals surface area contributed by atoms with E-state index in [0.717, 1.165) is 15.4 Å². The molecule has 0 radical (unpaired) electrons. The molecule has 1 heterocycles. The summed E-state index contributed by atoms with van der Waals surface area (Å²) in [4.78, 5) is 11.3. The van der Waals surface area contributed by atoms with E-state index in [2.05, 4.69) is 21.2 Å². The fourth-order valence-corrected chi connectivity index (χ4v) is 3.01. The second kappa shape index (κ2) is 6.19. The zero-order valence-corrected chi connectivity index (χ0v) is 12.8. The molecule has 0 unspecified atom stereocenters. The molecular weight excluding hydrogens is 351 g/mol. The summed E-state index contributed by atoms with van der Waals surface area (Å²) in [7, 11) is 1.31. The van der Waals surface area contributed by atoms with E-state index in [4.69, 9.17) is 4.74 Å². The number of halogens is 2. The highest BCUT2D eigenvalue weighted by Crippen LogP contribution is 2.32. The van der Waals surface area contributed by atoms with Crippen molar-refractivity contribution in [1.29, 1.82) is 0 Å². The summed E-state index contributed by atoms with van der Waals surface area (Å²) in [5.41, 5.74) is -0.100. The third-order valence-electron chi connectivity index (χ3n) is 2.54. The SMILES string of the molecule is COc1cc(NCc2cc(Br)cs2)c([N+](=O)[O-])cc1F. The van der Waals surface area contributed by atoms with Gasteiger partial charge in [0, 0.05) is 27.3 Å². The zero-order valence-electron chi connectivity index (χ0n) is 10.4. The largest absolute Gasteiger partial charge is 0.494 e. The summed E-state index contributed by atoms with van der Waals surface area (Å²) in [5, 5.41) is 15.8. The van der Waals surface area contributed by atoms with Crippen LogP contribution in [-0.4, -0.2) is 12.0 Å². The van der Waals surface area contributed by atoms with Crippen molar-refractivity contribution < 1.29 is 14.1 Å². The smallest absolute Gasteiger partial charge is 0.295 e. The Labute approximate surface area is 126 Å². The Bertz CT molecular complexity index is 648. The van der Waals surface area contributed by atoms with Gasteiger partial charge in [0.1, 0.15) is 5.69 Å². The van der Waals surface area contributed by atoms with Gasteiger partial charge >= 0.3 is 0 Å². The first-order valence-corrected chi connectivity index (χ1v) is 7.17. The number of nitro groups is 1. The summed E-state index contributed by atoms with van der Waals surface area (Å²) < 4.78 is 19.3. The minimum absolute atomic E-state index is 0.0366. The van der Waals surface area contributed by atoms with Crippen molar-refractivity contribution in [3.05, 3.63) is 48.9 Å². The number of hydrogen-bond acceptors (Lipinski definition) is 5. The maximum atomic E-state index is 13.5. The number of nitrogens with one attached hydrogen (secondary N) is 1. The minimum Gasteiger partial charge on any atom is -0.494 e. The van der Waals surface area contributed by atoms with Gasteiger partial charge in [0.05, 0.1) is 18.1 Å². The van der Waals surface area contributed by atoms with Crippen LogP contribution in [0.25, 0.3) is 0 Å². The summed E-state index contributed by atoms with van der Waals surface area (Å²) in [5.74, 6) is -0.797. The molecule has 0 aliphatic heterocycles.